The third kappa shape index (κ3) is 4.60. The van der Waals surface area contributed by atoms with Gasteiger partial charge < -0.3 is 10.2 Å². The maximum Gasteiger partial charge on any atom is 0.224 e. The molecule has 2 rings (SSSR count). The Morgan fingerprint density at radius 3 is 2.28 bits per heavy atom. The molecule has 1 N–H and O–H groups in total. The molecule has 130 valence electrons. The molecule has 0 saturated carbocycles. The first-order valence-corrected chi connectivity index (χ1v) is 8.55. The topological polar surface area (TPSA) is 56.1 Å². The molecule has 25 heavy (non-hydrogen) atoms. The molecule has 0 aliphatic rings. The molecule has 2 aromatic carbocycles. The van der Waals surface area contributed by atoms with Gasteiger partial charge in [0.25, 0.3) is 0 Å². The number of rotatable bonds is 7. The molecule has 0 aliphatic carbocycles. The van der Waals surface area contributed by atoms with E-state index in [-0.39, 0.29) is 5.91 Å². The van der Waals surface area contributed by atoms with E-state index in [0.29, 0.717) is 19.3 Å². The monoisotopic (exact) mass is 335 g/mol. The molecular weight excluding hydrogens is 310 g/mol. The number of hydrogen-bond donors (Lipinski definition) is 1. The normalized spacial score (nSPS) is 12.7. The lowest BCUT2D eigenvalue weighted by molar-refractivity contribution is -0.116. The van der Waals surface area contributed by atoms with Gasteiger partial charge >= 0.3 is 0 Å². The Morgan fingerprint density at radius 1 is 1.12 bits per heavy atom. The quantitative estimate of drug-likeness (QED) is 0.819. The van der Waals surface area contributed by atoms with Crippen LogP contribution in [0, 0.1) is 11.3 Å². The molecule has 0 aliphatic heterocycles. The SMILES string of the molecule is CCC(C#N)(CCC(=O)Nc1ccc(N(C)C)cc1)c1ccccc1. The first-order valence-electron chi connectivity index (χ1n) is 8.55. The lowest BCUT2D eigenvalue weighted by atomic mass is 9.76. The van der Waals surface area contributed by atoms with Crippen molar-refractivity contribution in [2.45, 2.75) is 31.6 Å². The summed E-state index contributed by atoms with van der Waals surface area (Å²) < 4.78 is 0. The number of nitrogens with zero attached hydrogens (tertiary/aromatic N) is 2. The molecule has 4 heteroatoms. The zero-order chi connectivity index (χ0) is 18.3. The Morgan fingerprint density at radius 2 is 1.76 bits per heavy atom. The standard InChI is InChI=1S/C21H25N3O/c1-4-21(16-22,17-8-6-5-7-9-17)15-14-20(25)23-18-10-12-19(13-11-18)24(2)3/h5-13H,4,14-15H2,1-3H3,(H,23,25). The van der Waals surface area contributed by atoms with Gasteiger partial charge in [0.2, 0.25) is 5.91 Å². The average Bonchev–Trinajstić information content (AvgIpc) is 2.64. The summed E-state index contributed by atoms with van der Waals surface area (Å²) in [4.78, 5) is 14.3. The maximum absolute atomic E-state index is 12.3. The maximum atomic E-state index is 12.3. The van der Waals surface area contributed by atoms with Crippen molar-refractivity contribution in [3.8, 4) is 6.07 Å². The molecule has 0 aromatic heterocycles. The van der Waals surface area contributed by atoms with E-state index in [2.05, 4.69) is 11.4 Å². The van der Waals surface area contributed by atoms with Gasteiger partial charge in [-0.1, -0.05) is 37.3 Å². The highest BCUT2D eigenvalue weighted by Crippen LogP contribution is 2.32. The minimum absolute atomic E-state index is 0.0680. The van der Waals surface area contributed by atoms with Gasteiger partial charge in [-0.05, 0) is 42.7 Å². The second-order valence-electron chi connectivity index (χ2n) is 6.40. The first-order chi connectivity index (χ1) is 12.0. The summed E-state index contributed by atoms with van der Waals surface area (Å²) in [6, 6.07) is 19.9. The van der Waals surface area contributed by atoms with Crippen molar-refractivity contribution in [1.29, 1.82) is 5.26 Å². The number of carbonyl (C=O) groups excluding carboxylic acids is 1. The Kier molecular flexibility index (Phi) is 6.19. The summed E-state index contributed by atoms with van der Waals surface area (Å²) in [7, 11) is 3.95. The summed E-state index contributed by atoms with van der Waals surface area (Å²) in [5, 5.41) is 12.6. The number of anilines is 2. The van der Waals surface area contributed by atoms with Gasteiger partial charge in [0.05, 0.1) is 11.5 Å². The van der Waals surface area contributed by atoms with Crippen molar-refractivity contribution >= 4 is 17.3 Å². The first kappa shape index (κ1) is 18.5. The molecule has 0 heterocycles. The summed E-state index contributed by atoms with van der Waals surface area (Å²) in [6.45, 7) is 1.99. The highest BCUT2D eigenvalue weighted by molar-refractivity contribution is 5.91. The third-order valence-corrected chi connectivity index (χ3v) is 4.59. The van der Waals surface area contributed by atoms with Crippen molar-refractivity contribution in [2.24, 2.45) is 0 Å². The van der Waals surface area contributed by atoms with E-state index in [4.69, 9.17) is 0 Å². The van der Waals surface area contributed by atoms with Gasteiger partial charge in [0.15, 0.2) is 0 Å². The molecule has 0 radical (unpaired) electrons. The molecule has 4 nitrogen and oxygen atoms in total. The lowest BCUT2D eigenvalue weighted by Crippen LogP contribution is -2.25. The predicted octanol–water partition coefficient (Wildman–Crippen LogP) is 4.34. The van der Waals surface area contributed by atoms with Gasteiger partial charge in [0.1, 0.15) is 0 Å². The van der Waals surface area contributed by atoms with Crippen LogP contribution in [0.15, 0.2) is 54.6 Å². The van der Waals surface area contributed by atoms with Gasteiger partial charge in [0, 0.05) is 31.9 Å². The summed E-state index contributed by atoms with van der Waals surface area (Å²) in [5.74, 6) is -0.0680. The minimum atomic E-state index is -0.618. The smallest absolute Gasteiger partial charge is 0.224 e. The molecule has 0 spiro atoms. The fourth-order valence-electron chi connectivity index (χ4n) is 2.88. The molecule has 0 fully saturated rings. The van der Waals surface area contributed by atoms with E-state index >= 15 is 0 Å². The van der Waals surface area contributed by atoms with Crippen molar-refractivity contribution in [3.05, 3.63) is 60.2 Å². The number of nitrogens with one attached hydrogen (secondary N) is 1. The van der Waals surface area contributed by atoms with Gasteiger partial charge in [-0.15, -0.1) is 0 Å². The molecule has 2 aromatic rings. The van der Waals surface area contributed by atoms with E-state index in [0.717, 1.165) is 16.9 Å². The fourth-order valence-corrected chi connectivity index (χ4v) is 2.88. The van der Waals surface area contributed by atoms with Crippen molar-refractivity contribution in [3.63, 3.8) is 0 Å². The van der Waals surface area contributed by atoms with Crippen LogP contribution in [-0.2, 0) is 10.2 Å². The van der Waals surface area contributed by atoms with Crippen molar-refractivity contribution in [1.82, 2.24) is 0 Å². The van der Waals surface area contributed by atoms with E-state index in [1.165, 1.54) is 0 Å². The van der Waals surface area contributed by atoms with E-state index in [1.807, 2.05) is 80.5 Å². The van der Waals surface area contributed by atoms with E-state index in [9.17, 15) is 10.1 Å². The van der Waals surface area contributed by atoms with Gasteiger partial charge in [-0.3, -0.25) is 4.79 Å². The highest BCUT2D eigenvalue weighted by atomic mass is 16.1. The van der Waals surface area contributed by atoms with Crippen molar-refractivity contribution < 1.29 is 4.79 Å². The molecule has 1 amide bonds. The predicted molar refractivity (Wildman–Crippen MR) is 103 cm³/mol. The minimum Gasteiger partial charge on any atom is -0.378 e. The third-order valence-electron chi connectivity index (χ3n) is 4.59. The summed E-state index contributed by atoms with van der Waals surface area (Å²) in [5.41, 5.74) is 2.21. The van der Waals surface area contributed by atoms with Crippen LogP contribution in [0.4, 0.5) is 11.4 Å². The van der Waals surface area contributed by atoms with Gasteiger partial charge in [-0.2, -0.15) is 5.26 Å². The molecule has 1 atom stereocenters. The zero-order valence-corrected chi connectivity index (χ0v) is 15.1. The molecule has 0 saturated heterocycles. The molecule has 0 bridgehead atoms. The number of benzene rings is 2. The van der Waals surface area contributed by atoms with Gasteiger partial charge in [-0.25, -0.2) is 0 Å². The van der Waals surface area contributed by atoms with Crippen LogP contribution < -0.4 is 10.2 Å². The van der Waals surface area contributed by atoms with Crippen LogP contribution in [0.5, 0.6) is 0 Å². The summed E-state index contributed by atoms with van der Waals surface area (Å²) >= 11 is 0. The molecular formula is C21H25N3O. The van der Waals surface area contributed by atoms with Crippen LogP contribution in [0.3, 0.4) is 0 Å². The number of carbonyl (C=O) groups is 1. The Bertz CT molecular complexity index is 732. The highest BCUT2D eigenvalue weighted by Gasteiger charge is 2.30. The fraction of sp³-hybridized carbons (Fsp3) is 0.333. The molecule has 1 unspecified atom stereocenters. The number of hydrogen-bond acceptors (Lipinski definition) is 3. The Labute approximate surface area is 150 Å². The largest absolute Gasteiger partial charge is 0.378 e. The second kappa shape index (κ2) is 8.34. The Hall–Kier alpha value is -2.80. The van der Waals surface area contributed by atoms with E-state index in [1.54, 1.807) is 0 Å². The van der Waals surface area contributed by atoms with Crippen molar-refractivity contribution in [2.75, 3.05) is 24.3 Å². The Balaban J connectivity index is 2.01. The second-order valence-corrected chi connectivity index (χ2v) is 6.40. The van der Waals surface area contributed by atoms with Crippen LogP contribution in [0.25, 0.3) is 0 Å². The average molecular weight is 335 g/mol. The van der Waals surface area contributed by atoms with Crippen LogP contribution in [0.1, 0.15) is 31.7 Å². The zero-order valence-electron chi connectivity index (χ0n) is 15.1. The van der Waals surface area contributed by atoms with Crippen LogP contribution in [0.2, 0.25) is 0 Å². The van der Waals surface area contributed by atoms with E-state index < -0.39 is 5.41 Å². The van der Waals surface area contributed by atoms with Crippen LogP contribution in [-0.4, -0.2) is 20.0 Å². The lowest BCUT2D eigenvalue weighted by Gasteiger charge is -2.25. The van der Waals surface area contributed by atoms with Crippen LogP contribution >= 0.6 is 0 Å². The summed E-state index contributed by atoms with van der Waals surface area (Å²) in [6.07, 6.45) is 1.50. The number of amides is 1. The number of nitriles is 1.